The summed E-state index contributed by atoms with van der Waals surface area (Å²) in [5, 5.41) is 4.78. The van der Waals surface area contributed by atoms with Crippen molar-refractivity contribution in [2.75, 3.05) is 5.75 Å². The average molecular weight is 226 g/mol. The summed E-state index contributed by atoms with van der Waals surface area (Å²) < 4.78 is 0. The van der Waals surface area contributed by atoms with Crippen LogP contribution in [-0.4, -0.2) is 22.0 Å². The van der Waals surface area contributed by atoms with Crippen molar-refractivity contribution >= 4 is 16.9 Å². The number of thioether (sulfide) groups is 1. The molecule has 0 aromatic rings. The molecule has 0 spiro atoms. The van der Waals surface area contributed by atoms with Crippen LogP contribution < -0.4 is 5.32 Å². The van der Waals surface area contributed by atoms with Crippen LogP contribution in [-0.2, 0) is 0 Å². The number of rotatable bonds is 2. The molecule has 15 heavy (non-hydrogen) atoms. The Kier molecular flexibility index (Phi) is 2.78. The number of amidine groups is 1. The quantitative estimate of drug-likeness (QED) is 0.782. The van der Waals surface area contributed by atoms with Gasteiger partial charge in [-0.3, -0.25) is 4.99 Å². The first-order chi connectivity index (χ1) is 6.89. The summed E-state index contributed by atoms with van der Waals surface area (Å²) in [5.41, 5.74) is 0.368. The Hall–Kier alpha value is -0.180. The van der Waals surface area contributed by atoms with Gasteiger partial charge in [-0.15, -0.1) is 0 Å². The monoisotopic (exact) mass is 226 g/mol. The van der Waals surface area contributed by atoms with Gasteiger partial charge in [-0.2, -0.15) is 0 Å². The summed E-state index contributed by atoms with van der Waals surface area (Å²) >= 11 is 1.88. The van der Waals surface area contributed by atoms with Crippen molar-refractivity contribution in [3.8, 4) is 0 Å². The molecule has 1 fully saturated rings. The molecule has 1 aliphatic carbocycles. The molecule has 2 rings (SSSR count). The standard InChI is InChI=1S/C12H22N2S/c1-11(2)7-8-15-10(13-11)14-12(3,4)9-5-6-9/h9H,5-8H2,1-4H3,(H,13,14). The summed E-state index contributed by atoms with van der Waals surface area (Å²) in [7, 11) is 0. The van der Waals surface area contributed by atoms with E-state index >= 15 is 0 Å². The summed E-state index contributed by atoms with van der Waals surface area (Å²) in [6, 6.07) is 0. The number of nitrogens with one attached hydrogen (secondary N) is 1. The molecule has 0 atom stereocenters. The van der Waals surface area contributed by atoms with Crippen molar-refractivity contribution in [1.82, 2.24) is 5.32 Å². The predicted octanol–water partition coefficient (Wildman–Crippen LogP) is 3.04. The highest BCUT2D eigenvalue weighted by molar-refractivity contribution is 8.13. The van der Waals surface area contributed by atoms with Gasteiger partial charge in [0.15, 0.2) is 5.17 Å². The first-order valence-electron chi connectivity index (χ1n) is 5.90. The summed E-state index contributed by atoms with van der Waals surface area (Å²) in [6.45, 7) is 9.04. The molecule has 0 amide bonds. The third kappa shape index (κ3) is 2.90. The van der Waals surface area contributed by atoms with E-state index in [-0.39, 0.29) is 11.1 Å². The largest absolute Gasteiger partial charge is 0.360 e. The number of hydrogen-bond acceptors (Lipinski definition) is 3. The SMILES string of the molecule is CC1(C)CCSC(NC(C)(C)C2CC2)=N1. The molecule has 2 nitrogen and oxygen atoms in total. The van der Waals surface area contributed by atoms with E-state index in [2.05, 4.69) is 33.0 Å². The van der Waals surface area contributed by atoms with Crippen LogP contribution in [0.2, 0.25) is 0 Å². The highest BCUT2D eigenvalue weighted by Crippen LogP contribution is 2.40. The van der Waals surface area contributed by atoms with Crippen LogP contribution in [0.15, 0.2) is 4.99 Å². The van der Waals surface area contributed by atoms with Crippen LogP contribution in [0.5, 0.6) is 0 Å². The van der Waals surface area contributed by atoms with E-state index < -0.39 is 0 Å². The summed E-state index contributed by atoms with van der Waals surface area (Å²) in [5.74, 6) is 2.05. The van der Waals surface area contributed by atoms with E-state index in [1.807, 2.05) is 11.8 Å². The minimum atomic E-state index is 0.132. The molecular formula is C12H22N2S. The number of nitrogens with zero attached hydrogens (tertiary/aromatic N) is 1. The van der Waals surface area contributed by atoms with E-state index in [0.717, 1.165) is 11.1 Å². The Morgan fingerprint density at radius 2 is 2.07 bits per heavy atom. The molecule has 1 N–H and O–H groups in total. The topological polar surface area (TPSA) is 24.4 Å². The van der Waals surface area contributed by atoms with E-state index in [9.17, 15) is 0 Å². The second kappa shape index (κ2) is 3.69. The van der Waals surface area contributed by atoms with Crippen molar-refractivity contribution in [2.24, 2.45) is 10.9 Å². The lowest BCUT2D eigenvalue weighted by molar-refractivity contribution is 0.399. The van der Waals surface area contributed by atoms with Crippen molar-refractivity contribution in [1.29, 1.82) is 0 Å². The molecule has 1 heterocycles. The van der Waals surface area contributed by atoms with Crippen molar-refractivity contribution in [3.63, 3.8) is 0 Å². The van der Waals surface area contributed by atoms with Crippen molar-refractivity contribution in [2.45, 2.75) is 58.0 Å². The summed E-state index contributed by atoms with van der Waals surface area (Å²) in [4.78, 5) is 4.78. The van der Waals surface area contributed by atoms with Gasteiger partial charge in [0.2, 0.25) is 0 Å². The smallest absolute Gasteiger partial charge is 0.157 e. The van der Waals surface area contributed by atoms with Crippen molar-refractivity contribution < 1.29 is 0 Å². The lowest BCUT2D eigenvalue weighted by atomic mass is 9.99. The van der Waals surface area contributed by atoms with Gasteiger partial charge in [-0.25, -0.2) is 0 Å². The fraction of sp³-hybridized carbons (Fsp3) is 0.917. The molecule has 1 aliphatic heterocycles. The van der Waals surface area contributed by atoms with Gasteiger partial charge in [0.25, 0.3) is 0 Å². The molecular weight excluding hydrogens is 204 g/mol. The lowest BCUT2D eigenvalue weighted by Gasteiger charge is -2.32. The molecule has 0 aromatic heterocycles. The maximum absolute atomic E-state index is 4.78. The maximum Gasteiger partial charge on any atom is 0.157 e. The van der Waals surface area contributed by atoms with Gasteiger partial charge in [-0.1, -0.05) is 11.8 Å². The number of hydrogen-bond donors (Lipinski definition) is 1. The zero-order valence-electron chi connectivity index (χ0n) is 10.3. The Morgan fingerprint density at radius 1 is 1.40 bits per heavy atom. The zero-order valence-corrected chi connectivity index (χ0v) is 11.1. The van der Waals surface area contributed by atoms with Crippen LogP contribution in [0.4, 0.5) is 0 Å². The minimum absolute atomic E-state index is 0.132. The van der Waals surface area contributed by atoms with Crippen LogP contribution in [0.25, 0.3) is 0 Å². The van der Waals surface area contributed by atoms with Gasteiger partial charge in [0, 0.05) is 11.3 Å². The predicted molar refractivity (Wildman–Crippen MR) is 68.5 cm³/mol. The third-order valence-electron chi connectivity index (χ3n) is 3.38. The average Bonchev–Trinajstić information content (AvgIpc) is 2.81. The molecule has 0 aromatic carbocycles. The molecule has 2 aliphatic rings. The molecule has 0 bridgehead atoms. The van der Waals surface area contributed by atoms with Gasteiger partial charge in [0.1, 0.15) is 0 Å². The van der Waals surface area contributed by atoms with Gasteiger partial charge in [-0.05, 0) is 52.9 Å². The van der Waals surface area contributed by atoms with Crippen LogP contribution >= 0.6 is 11.8 Å². The second-order valence-electron chi connectivity index (χ2n) is 5.95. The summed E-state index contributed by atoms with van der Waals surface area (Å²) in [6.07, 6.45) is 3.94. The highest BCUT2D eigenvalue weighted by Gasteiger charge is 2.39. The van der Waals surface area contributed by atoms with E-state index in [1.165, 1.54) is 25.0 Å². The Bertz CT molecular complexity index is 277. The molecule has 1 saturated carbocycles. The highest BCUT2D eigenvalue weighted by atomic mass is 32.2. The Balaban J connectivity index is 2.02. The third-order valence-corrected chi connectivity index (χ3v) is 4.26. The normalized spacial score (nSPS) is 26.0. The lowest BCUT2D eigenvalue weighted by Crippen LogP contribution is -2.46. The Morgan fingerprint density at radius 3 is 2.60 bits per heavy atom. The molecule has 86 valence electrons. The maximum atomic E-state index is 4.78. The van der Waals surface area contributed by atoms with E-state index in [0.29, 0.717) is 0 Å². The fourth-order valence-corrected chi connectivity index (χ4v) is 3.45. The molecule has 0 saturated heterocycles. The molecule has 0 unspecified atom stereocenters. The second-order valence-corrected chi connectivity index (χ2v) is 7.03. The van der Waals surface area contributed by atoms with E-state index in [4.69, 9.17) is 4.99 Å². The van der Waals surface area contributed by atoms with Gasteiger partial charge < -0.3 is 5.32 Å². The van der Waals surface area contributed by atoms with Gasteiger partial charge in [0.05, 0.1) is 5.54 Å². The van der Waals surface area contributed by atoms with Crippen LogP contribution in [0.1, 0.15) is 47.0 Å². The molecule has 0 radical (unpaired) electrons. The fourth-order valence-electron chi connectivity index (χ4n) is 2.01. The zero-order chi connectivity index (χ0) is 11.1. The first-order valence-corrected chi connectivity index (χ1v) is 6.88. The van der Waals surface area contributed by atoms with Crippen LogP contribution in [0.3, 0.4) is 0 Å². The number of aliphatic imine (C=N–C) groups is 1. The van der Waals surface area contributed by atoms with E-state index in [1.54, 1.807) is 0 Å². The van der Waals surface area contributed by atoms with Gasteiger partial charge >= 0.3 is 0 Å². The van der Waals surface area contributed by atoms with Crippen molar-refractivity contribution in [3.05, 3.63) is 0 Å². The van der Waals surface area contributed by atoms with Crippen LogP contribution in [0, 0.1) is 5.92 Å². The molecule has 3 heteroatoms. The Labute approximate surface area is 97.3 Å². The minimum Gasteiger partial charge on any atom is -0.360 e. The first kappa shape index (κ1) is 11.3.